The molecule has 0 radical (unpaired) electrons. The minimum Gasteiger partial charge on any atom is -0.151 e. The van der Waals surface area contributed by atoms with Gasteiger partial charge in [0.1, 0.15) is 0 Å². The van der Waals surface area contributed by atoms with E-state index < -0.39 is 0 Å². The molecule has 0 aliphatic rings. The van der Waals surface area contributed by atoms with Crippen molar-refractivity contribution in [2.45, 2.75) is 39.5 Å². The Bertz CT molecular complexity index is 539. The van der Waals surface area contributed by atoms with Crippen LogP contribution in [0.3, 0.4) is 0 Å². The number of rotatable bonds is 6. The normalized spacial score (nSPS) is 11.1. The van der Waals surface area contributed by atoms with Crippen molar-refractivity contribution in [1.82, 2.24) is 0 Å². The Balaban J connectivity index is 1.94. The van der Waals surface area contributed by atoms with E-state index in [1.807, 2.05) is 36.4 Å². The molecule has 0 aliphatic carbocycles. The molecule has 0 amide bonds. The summed E-state index contributed by atoms with van der Waals surface area (Å²) in [5.41, 5.74) is 4.42. The lowest BCUT2D eigenvalue weighted by atomic mass is 10.1. The van der Waals surface area contributed by atoms with Crippen molar-refractivity contribution in [2.75, 3.05) is 0 Å². The molecule has 0 saturated heterocycles. The molecule has 0 fully saturated rings. The van der Waals surface area contributed by atoms with Gasteiger partial charge in [0.05, 0.1) is 11.4 Å². The van der Waals surface area contributed by atoms with E-state index in [4.69, 9.17) is 0 Å². The molecule has 0 heterocycles. The van der Waals surface area contributed by atoms with Crippen LogP contribution in [0.5, 0.6) is 0 Å². The first-order chi connectivity index (χ1) is 9.78. The average Bonchev–Trinajstić information content (AvgIpc) is 2.48. The first-order valence-electron chi connectivity index (χ1n) is 7.35. The average molecular weight is 266 g/mol. The molecule has 2 heteroatoms. The standard InChI is InChI=1S/C18H22N2/c1-3-4-5-6-16-9-13-18(14-10-16)20-19-17-11-7-15(2)8-12-17/h7-14H,3-6H2,1-2H3/b20-19+. The van der Waals surface area contributed by atoms with E-state index in [1.54, 1.807) is 0 Å². The van der Waals surface area contributed by atoms with Gasteiger partial charge in [-0.05, 0) is 49.6 Å². The number of nitrogens with zero attached hydrogens (tertiary/aromatic N) is 2. The molecule has 0 unspecified atom stereocenters. The molecule has 0 spiro atoms. The maximum Gasteiger partial charge on any atom is 0.0857 e. The van der Waals surface area contributed by atoms with Crippen molar-refractivity contribution >= 4 is 11.4 Å². The zero-order valence-corrected chi connectivity index (χ0v) is 12.3. The number of unbranched alkanes of at least 4 members (excludes halogenated alkanes) is 2. The lowest BCUT2D eigenvalue weighted by Gasteiger charge is -2.00. The highest BCUT2D eigenvalue weighted by atomic mass is 15.1. The van der Waals surface area contributed by atoms with E-state index in [2.05, 4.69) is 36.2 Å². The van der Waals surface area contributed by atoms with Gasteiger partial charge in [-0.2, -0.15) is 10.2 Å². The molecule has 20 heavy (non-hydrogen) atoms. The second-order valence-electron chi connectivity index (χ2n) is 5.16. The quantitative estimate of drug-likeness (QED) is 0.443. The van der Waals surface area contributed by atoms with Gasteiger partial charge in [0.15, 0.2) is 0 Å². The second kappa shape index (κ2) is 7.59. The van der Waals surface area contributed by atoms with Gasteiger partial charge in [0, 0.05) is 0 Å². The van der Waals surface area contributed by atoms with Gasteiger partial charge in [-0.15, -0.1) is 0 Å². The van der Waals surface area contributed by atoms with Gasteiger partial charge >= 0.3 is 0 Å². The lowest BCUT2D eigenvalue weighted by molar-refractivity contribution is 0.717. The molecular weight excluding hydrogens is 244 g/mol. The predicted molar refractivity (Wildman–Crippen MR) is 85.0 cm³/mol. The van der Waals surface area contributed by atoms with Gasteiger partial charge in [-0.1, -0.05) is 49.6 Å². The molecule has 0 atom stereocenters. The molecular formula is C18H22N2. The molecule has 0 N–H and O–H groups in total. The molecule has 2 aromatic rings. The number of benzene rings is 2. The predicted octanol–water partition coefficient (Wildman–Crippen LogP) is 6.14. The van der Waals surface area contributed by atoms with E-state index in [-0.39, 0.29) is 0 Å². The maximum absolute atomic E-state index is 4.27. The van der Waals surface area contributed by atoms with Crippen molar-refractivity contribution in [2.24, 2.45) is 10.2 Å². The summed E-state index contributed by atoms with van der Waals surface area (Å²) < 4.78 is 0. The van der Waals surface area contributed by atoms with Crippen molar-refractivity contribution in [3.63, 3.8) is 0 Å². The van der Waals surface area contributed by atoms with Crippen molar-refractivity contribution in [3.05, 3.63) is 59.7 Å². The van der Waals surface area contributed by atoms with Gasteiger partial charge < -0.3 is 0 Å². The minimum atomic E-state index is 0.891. The summed E-state index contributed by atoms with van der Waals surface area (Å²) in [7, 11) is 0. The number of aryl methyl sites for hydroxylation is 2. The Kier molecular flexibility index (Phi) is 5.48. The minimum absolute atomic E-state index is 0.891. The van der Waals surface area contributed by atoms with Crippen LogP contribution in [0.4, 0.5) is 11.4 Å². The summed E-state index contributed by atoms with van der Waals surface area (Å²) in [5.74, 6) is 0. The molecule has 0 aliphatic heterocycles. The summed E-state index contributed by atoms with van der Waals surface area (Å²) in [4.78, 5) is 0. The Morgan fingerprint density at radius 3 is 1.85 bits per heavy atom. The Morgan fingerprint density at radius 1 is 0.750 bits per heavy atom. The highest BCUT2D eigenvalue weighted by Gasteiger charge is 1.95. The van der Waals surface area contributed by atoms with Crippen LogP contribution >= 0.6 is 0 Å². The largest absolute Gasteiger partial charge is 0.151 e. The highest BCUT2D eigenvalue weighted by molar-refractivity contribution is 5.41. The lowest BCUT2D eigenvalue weighted by Crippen LogP contribution is -1.83. The van der Waals surface area contributed by atoms with Gasteiger partial charge in [-0.25, -0.2) is 0 Å². The third-order valence-corrected chi connectivity index (χ3v) is 3.32. The van der Waals surface area contributed by atoms with Crippen LogP contribution in [0.15, 0.2) is 58.8 Å². The van der Waals surface area contributed by atoms with Crippen LogP contribution in [0, 0.1) is 6.92 Å². The second-order valence-corrected chi connectivity index (χ2v) is 5.16. The highest BCUT2D eigenvalue weighted by Crippen LogP contribution is 2.19. The third kappa shape index (κ3) is 4.61. The van der Waals surface area contributed by atoms with Crippen molar-refractivity contribution in [1.29, 1.82) is 0 Å². The number of hydrogen-bond donors (Lipinski definition) is 0. The fourth-order valence-electron chi connectivity index (χ4n) is 2.04. The van der Waals surface area contributed by atoms with Crippen LogP contribution < -0.4 is 0 Å². The number of azo groups is 1. The monoisotopic (exact) mass is 266 g/mol. The van der Waals surface area contributed by atoms with Crippen LogP contribution in [0.1, 0.15) is 37.3 Å². The third-order valence-electron chi connectivity index (χ3n) is 3.32. The molecule has 0 saturated carbocycles. The number of hydrogen-bond acceptors (Lipinski definition) is 2. The summed E-state index contributed by atoms with van der Waals surface area (Å²) in [6, 6.07) is 16.4. The van der Waals surface area contributed by atoms with E-state index in [1.165, 1.54) is 30.4 Å². The summed E-state index contributed by atoms with van der Waals surface area (Å²) in [6.07, 6.45) is 4.99. The van der Waals surface area contributed by atoms with Crippen molar-refractivity contribution in [3.8, 4) is 0 Å². The van der Waals surface area contributed by atoms with Gasteiger partial charge in [0.2, 0.25) is 0 Å². The van der Waals surface area contributed by atoms with Gasteiger partial charge in [-0.3, -0.25) is 0 Å². The van der Waals surface area contributed by atoms with Gasteiger partial charge in [0.25, 0.3) is 0 Å². The van der Waals surface area contributed by atoms with E-state index >= 15 is 0 Å². The Labute approximate surface area is 121 Å². The zero-order chi connectivity index (χ0) is 14.2. The smallest absolute Gasteiger partial charge is 0.0857 e. The fourth-order valence-corrected chi connectivity index (χ4v) is 2.04. The summed E-state index contributed by atoms with van der Waals surface area (Å²) in [5, 5.41) is 8.52. The first kappa shape index (κ1) is 14.4. The topological polar surface area (TPSA) is 24.7 Å². The maximum atomic E-state index is 4.27. The Morgan fingerprint density at radius 2 is 1.30 bits per heavy atom. The van der Waals surface area contributed by atoms with Crippen LogP contribution in [-0.4, -0.2) is 0 Å². The molecule has 2 aromatic carbocycles. The van der Waals surface area contributed by atoms with E-state index in [9.17, 15) is 0 Å². The SMILES string of the molecule is CCCCCc1ccc(/N=N/c2ccc(C)cc2)cc1. The Hall–Kier alpha value is -1.96. The van der Waals surface area contributed by atoms with Crippen LogP contribution in [-0.2, 0) is 6.42 Å². The van der Waals surface area contributed by atoms with Crippen LogP contribution in [0.2, 0.25) is 0 Å². The molecule has 0 aromatic heterocycles. The molecule has 2 rings (SSSR count). The van der Waals surface area contributed by atoms with E-state index in [0.717, 1.165) is 17.8 Å². The van der Waals surface area contributed by atoms with Crippen LogP contribution in [0.25, 0.3) is 0 Å². The van der Waals surface area contributed by atoms with Crippen molar-refractivity contribution < 1.29 is 0 Å². The fraction of sp³-hybridized carbons (Fsp3) is 0.333. The summed E-state index contributed by atoms with van der Waals surface area (Å²) >= 11 is 0. The first-order valence-corrected chi connectivity index (χ1v) is 7.35. The molecule has 0 bridgehead atoms. The zero-order valence-electron chi connectivity index (χ0n) is 12.3. The molecule has 2 nitrogen and oxygen atoms in total. The summed E-state index contributed by atoms with van der Waals surface area (Å²) in [6.45, 7) is 4.30. The van der Waals surface area contributed by atoms with E-state index in [0.29, 0.717) is 0 Å². The molecule has 104 valence electrons.